The molecule has 3 rings (SSSR count). The second-order valence-electron chi connectivity index (χ2n) is 5.65. The minimum Gasteiger partial charge on any atom is -0.369 e. The fraction of sp³-hybridized carbons (Fsp3) is 0.294. The molecular weight excluding hydrogens is 262 g/mol. The lowest BCUT2D eigenvalue weighted by Crippen LogP contribution is -2.46. The highest BCUT2D eigenvalue weighted by Crippen LogP contribution is 2.43. The van der Waals surface area contributed by atoms with Crippen LogP contribution in [0.5, 0.6) is 0 Å². The van der Waals surface area contributed by atoms with E-state index in [2.05, 4.69) is 6.07 Å². The maximum absolute atomic E-state index is 11.7. The average molecular weight is 279 g/mol. The van der Waals surface area contributed by atoms with Gasteiger partial charge in [0.25, 0.3) is 0 Å². The molecule has 0 unspecified atom stereocenters. The molecule has 1 aromatic carbocycles. The number of hydrogen-bond acceptors (Lipinski definition) is 2. The molecule has 0 spiro atoms. The van der Waals surface area contributed by atoms with Crippen molar-refractivity contribution in [3.05, 3.63) is 47.7 Å². The Labute approximate surface area is 123 Å². The van der Waals surface area contributed by atoms with Crippen molar-refractivity contribution in [3.63, 3.8) is 0 Å². The zero-order valence-electron chi connectivity index (χ0n) is 12.0. The third-order valence-electron chi connectivity index (χ3n) is 4.65. The molecule has 0 atom stereocenters. The number of aromatic nitrogens is 1. The molecule has 1 amide bonds. The summed E-state index contributed by atoms with van der Waals surface area (Å²) in [6.07, 6.45) is 2.73. The number of nitrogens with zero attached hydrogens (tertiary/aromatic N) is 2. The van der Waals surface area contributed by atoms with Crippen molar-refractivity contribution in [1.82, 2.24) is 4.57 Å². The molecule has 1 saturated carbocycles. The second-order valence-corrected chi connectivity index (χ2v) is 5.65. The first-order valence-electron chi connectivity index (χ1n) is 7.05. The third-order valence-corrected chi connectivity index (χ3v) is 4.65. The topological polar surface area (TPSA) is 71.8 Å². The Hall–Kier alpha value is -2.54. The third kappa shape index (κ3) is 1.93. The van der Waals surface area contributed by atoms with Crippen LogP contribution >= 0.6 is 0 Å². The lowest BCUT2D eigenvalue weighted by molar-refractivity contribution is -0.126. The molecule has 0 saturated heterocycles. The van der Waals surface area contributed by atoms with Crippen molar-refractivity contribution in [3.8, 4) is 17.3 Å². The molecule has 0 aliphatic heterocycles. The molecule has 2 aromatic rings. The van der Waals surface area contributed by atoms with Gasteiger partial charge < -0.3 is 10.3 Å². The zero-order chi connectivity index (χ0) is 15.0. The largest absolute Gasteiger partial charge is 0.369 e. The maximum atomic E-state index is 11.7. The number of carbonyl (C=O) groups excluding carboxylic acids is 1. The van der Waals surface area contributed by atoms with Crippen LogP contribution in [0.3, 0.4) is 0 Å². The molecule has 106 valence electrons. The molecule has 0 radical (unpaired) electrons. The molecule has 1 aromatic heterocycles. The van der Waals surface area contributed by atoms with E-state index in [9.17, 15) is 4.79 Å². The average Bonchev–Trinajstić information content (AvgIpc) is 2.79. The number of amides is 1. The van der Waals surface area contributed by atoms with Gasteiger partial charge in [0.2, 0.25) is 5.91 Å². The van der Waals surface area contributed by atoms with Gasteiger partial charge in [-0.25, -0.2) is 0 Å². The lowest BCUT2D eigenvalue weighted by atomic mass is 9.64. The van der Waals surface area contributed by atoms with E-state index in [1.165, 1.54) is 0 Å². The summed E-state index contributed by atoms with van der Waals surface area (Å²) in [5.41, 5.74) is 8.75. The van der Waals surface area contributed by atoms with Crippen LogP contribution in [-0.4, -0.2) is 10.5 Å². The Morgan fingerprint density at radius 1 is 1.24 bits per heavy atom. The van der Waals surface area contributed by atoms with Crippen LogP contribution < -0.4 is 5.73 Å². The van der Waals surface area contributed by atoms with Crippen LogP contribution in [-0.2, 0) is 17.3 Å². The van der Waals surface area contributed by atoms with Gasteiger partial charge in [-0.2, -0.15) is 5.26 Å². The number of benzene rings is 1. The molecule has 21 heavy (non-hydrogen) atoms. The SMILES string of the molecule is Cn1c(C#N)ccc1-c1ccc(C2(C(N)=O)CCC2)cc1. The van der Waals surface area contributed by atoms with Crippen molar-refractivity contribution < 1.29 is 4.79 Å². The first kappa shape index (κ1) is 13.4. The first-order chi connectivity index (χ1) is 10.1. The zero-order valence-corrected chi connectivity index (χ0v) is 12.0. The summed E-state index contributed by atoms with van der Waals surface area (Å²) in [5.74, 6) is -0.230. The Balaban J connectivity index is 1.96. The molecule has 1 aliphatic rings. The van der Waals surface area contributed by atoms with Gasteiger partial charge >= 0.3 is 0 Å². The minimum atomic E-state index is -0.468. The van der Waals surface area contributed by atoms with Crippen molar-refractivity contribution in [1.29, 1.82) is 5.26 Å². The van der Waals surface area contributed by atoms with E-state index in [4.69, 9.17) is 11.0 Å². The second kappa shape index (κ2) is 4.78. The molecular formula is C17H17N3O. The highest BCUT2D eigenvalue weighted by molar-refractivity contribution is 5.88. The van der Waals surface area contributed by atoms with Crippen LogP contribution in [0.25, 0.3) is 11.3 Å². The summed E-state index contributed by atoms with van der Waals surface area (Å²) in [7, 11) is 1.87. The lowest BCUT2D eigenvalue weighted by Gasteiger charge is -2.39. The van der Waals surface area contributed by atoms with Crippen LogP contribution in [0.4, 0.5) is 0 Å². The van der Waals surface area contributed by atoms with Gasteiger partial charge in [-0.05, 0) is 36.1 Å². The number of hydrogen-bond donors (Lipinski definition) is 1. The van der Waals surface area contributed by atoms with Crippen molar-refractivity contribution in [2.24, 2.45) is 12.8 Å². The molecule has 1 heterocycles. The van der Waals surface area contributed by atoms with E-state index >= 15 is 0 Å². The van der Waals surface area contributed by atoms with Gasteiger partial charge in [0.1, 0.15) is 11.8 Å². The van der Waals surface area contributed by atoms with Gasteiger partial charge in [-0.3, -0.25) is 4.79 Å². The summed E-state index contributed by atoms with van der Waals surface area (Å²) in [5, 5.41) is 9.01. The summed E-state index contributed by atoms with van der Waals surface area (Å²) < 4.78 is 1.86. The van der Waals surface area contributed by atoms with E-state index in [0.717, 1.165) is 36.1 Å². The summed E-state index contributed by atoms with van der Waals surface area (Å²) in [6, 6.07) is 13.9. The number of primary amides is 1. The van der Waals surface area contributed by atoms with Gasteiger partial charge in [0.15, 0.2) is 0 Å². The molecule has 2 N–H and O–H groups in total. The minimum absolute atomic E-state index is 0.230. The van der Waals surface area contributed by atoms with Crippen molar-refractivity contribution >= 4 is 5.91 Å². The fourth-order valence-electron chi connectivity index (χ4n) is 3.08. The van der Waals surface area contributed by atoms with Crippen molar-refractivity contribution in [2.45, 2.75) is 24.7 Å². The van der Waals surface area contributed by atoms with Crippen LogP contribution in [0.2, 0.25) is 0 Å². The first-order valence-corrected chi connectivity index (χ1v) is 7.05. The van der Waals surface area contributed by atoms with E-state index in [0.29, 0.717) is 5.69 Å². The quantitative estimate of drug-likeness (QED) is 0.937. The molecule has 1 aliphatic carbocycles. The number of nitriles is 1. The molecule has 4 heteroatoms. The number of carbonyl (C=O) groups is 1. The summed E-state index contributed by atoms with van der Waals surface area (Å²) in [4.78, 5) is 11.7. The predicted octanol–water partition coefficient (Wildman–Crippen LogP) is 2.47. The summed E-state index contributed by atoms with van der Waals surface area (Å²) in [6.45, 7) is 0. The maximum Gasteiger partial charge on any atom is 0.228 e. The Morgan fingerprint density at radius 3 is 2.33 bits per heavy atom. The number of rotatable bonds is 3. The highest BCUT2D eigenvalue weighted by atomic mass is 16.1. The van der Waals surface area contributed by atoms with Gasteiger partial charge in [0, 0.05) is 12.7 Å². The standard InChI is InChI=1S/C17H17N3O/c1-20-14(11-18)7-8-15(20)12-3-5-13(6-4-12)17(16(19)21)9-2-10-17/h3-8H,2,9-10H2,1H3,(H2,19,21). The predicted molar refractivity (Wildman–Crippen MR) is 80.3 cm³/mol. The monoisotopic (exact) mass is 279 g/mol. The van der Waals surface area contributed by atoms with E-state index < -0.39 is 5.41 Å². The Morgan fingerprint density at radius 2 is 1.90 bits per heavy atom. The van der Waals surface area contributed by atoms with Crippen LogP contribution in [0.15, 0.2) is 36.4 Å². The normalized spacial score (nSPS) is 16.0. The van der Waals surface area contributed by atoms with Gasteiger partial charge in [0.05, 0.1) is 5.41 Å². The highest BCUT2D eigenvalue weighted by Gasteiger charge is 2.44. The Kier molecular flexibility index (Phi) is 3.06. The van der Waals surface area contributed by atoms with Crippen molar-refractivity contribution in [2.75, 3.05) is 0 Å². The van der Waals surface area contributed by atoms with Crippen LogP contribution in [0, 0.1) is 11.3 Å². The molecule has 4 nitrogen and oxygen atoms in total. The smallest absolute Gasteiger partial charge is 0.228 e. The van der Waals surface area contributed by atoms with Gasteiger partial charge in [-0.1, -0.05) is 30.7 Å². The molecule has 1 fully saturated rings. The van der Waals surface area contributed by atoms with Crippen LogP contribution in [0.1, 0.15) is 30.5 Å². The van der Waals surface area contributed by atoms with E-state index in [-0.39, 0.29) is 5.91 Å². The van der Waals surface area contributed by atoms with Gasteiger partial charge in [-0.15, -0.1) is 0 Å². The van der Waals surface area contributed by atoms with E-state index in [1.54, 1.807) is 6.07 Å². The Bertz CT molecular complexity index is 730. The fourth-order valence-corrected chi connectivity index (χ4v) is 3.08. The summed E-state index contributed by atoms with van der Waals surface area (Å²) >= 11 is 0. The number of nitrogens with two attached hydrogens (primary N) is 1. The van der Waals surface area contributed by atoms with E-state index in [1.807, 2.05) is 41.9 Å². The molecule has 0 bridgehead atoms.